The minimum Gasteiger partial charge on any atom is -0.301 e. The van der Waals surface area contributed by atoms with Crippen molar-refractivity contribution in [3.05, 3.63) is 34.6 Å². The van der Waals surface area contributed by atoms with Crippen LogP contribution in [0.4, 0.5) is 4.39 Å². The number of likely N-dealkylation sites (tertiary alicyclic amines) is 1. The van der Waals surface area contributed by atoms with E-state index in [0.717, 1.165) is 18.5 Å². The monoisotopic (exact) mass is 347 g/mol. The van der Waals surface area contributed by atoms with Crippen LogP contribution in [0.15, 0.2) is 12.1 Å². The van der Waals surface area contributed by atoms with Gasteiger partial charge in [-0.1, -0.05) is 0 Å². The van der Waals surface area contributed by atoms with Crippen LogP contribution in [0.25, 0.3) is 0 Å². The molecule has 0 unspecified atom stereocenters. The predicted molar refractivity (Wildman–Crippen MR) is 92.0 cm³/mol. The van der Waals surface area contributed by atoms with E-state index >= 15 is 0 Å². The van der Waals surface area contributed by atoms with E-state index in [1.165, 1.54) is 44.7 Å². The van der Waals surface area contributed by atoms with Crippen molar-refractivity contribution in [3.8, 4) is 0 Å². The van der Waals surface area contributed by atoms with E-state index < -0.39 is 5.91 Å². The molecule has 1 saturated heterocycles. The molecule has 136 valence electrons. The third kappa shape index (κ3) is 2.86. The van der Waals surface area contributed by atoms with Gasteiger partial charge in [0.1, 0.15) is 5.82 Å². The Bertz CT molecular complexity index is 695. The lowest BCUT2D eigenvalue weighted by Gasteiger charge is -2.37. The zero-order valence-corrected chi connectivity index (χ0v) is 14.7. The number of amides is 1. The number of halogens is 1. The van der Waals surface area contributed by atoms with Crippen molar-refractivity contribution in [2.45, 2.75) is 56.7 Å². The van der Waals surface area contributed by atoms with Crippen molar-refractivity contribution in [3.63, 3.8) is 0 Å². The average Bonchev–Trinajstić information content (AvgIpc) is 3.21. The van der Waals surface area contributed by atoms with Gasteiger partial charge in [-0.15, -0.1) is 0 Å². The Labute approximate surface area is 147 Å². The molecular formula is C19H26FN3O2. The lowest BCUT2D eigenvalue weighted by Crippen LogP contribution is -2.43. The van der Waals surface area contributed by atoms with Crippen molar-refractivity contribution < 1.29 is 14.4 Å². The summed E-state index contributed by atoms with van der Waals surface area (Å²) in [6.45, 7) is 2.72. The Hall–Kier alpha value is -1.50. The fraction of sp³-hybridized carbons (Fsp3) is 0.632. The highest BCUT2D eigenvalue weighted by molar-refractivity contribution is 5.93. The summed E-state index contributed by atoms with van der Waals surface area (Å²) in [5, 5.41) is 8.76. The normalized spacial score (nSPS) is 30.0. The van der Waals surface area contributed by atoms with E-state index in [4.69, 9.17) is 5.21 Å². The number of hydroxylamine groups is 1. The zero-order chi connectivity index (χ0) is 17.6. The molecule has 3 aliphatic rings. The van der Waals surface area contributed by atoms with Gasteiger partial charge in [-0.05, 0) is 69.8 Å². The second-order valence-corrected chi connectivity index (χ2v) is 7.90. The van der Waals surface area contributed by atoms with Gasteiger partial charge in [0, 0.05) is 35.8 Å². The largest absolute Gasteiger partial charge is 0.301 e. The summed E-state index contributed by atoms with van der Waals surface area (Å²) in [4.78, 5) is 16.5. The first-order valence-corrected chi connectivity index (χ1v) is 9.23. The van der Waals surface area contributed by atoms with Crippen LogP contribution in [-0.4, -0.2) is 52.6 Å². The molecule has 2 heterocycles. The number of hydrogen-bond donors (Lipinski definition) is 2. The maximum Gasteiger partial charge on any atom is 0.274 e. The molecule has 1 aromatic rings. The molecule has 2 fully saturated rings. The van der Waals surface area contributed by atoms with E-state index in [2.05, 4.69) is 16.8 Å². The number of rotatable bonds is 2. The molecule has 1 aliphatic carbocycles. The van der Waals surface area contributed by atoms with Crippen LogP contribution in [-0.2, 0) is 13.0 Å². The number of nitrogens with zero attached hydrogens (tertiary/aromatic N) is 2. The second-order valence-electron chi connectivity index (χ2n) is 7.90. The molecular weight excluding hydrogens is 321 g/mol. The van der Waals surface area contributed by atoms with Crippen LogP contribution in [0.2, 0.25) is 0 Å². The smallest absolute Gasteiger partial charge is 0.274 e. The minimum atomic E-state index is -0.661. The SMILES string of the molecule is CN1CCC[C@]12CC[C@H](N1CCc3cc(C(=O)NO)cc(F)c3C1)C2. The molecule has 0 bridgehead atoms. The van der Waals surface area contributed by atoms with Gasteiger partial charge < -0.3 is 4.90 Å². The first kappa shape index (κ1) is 16.9. The van der Waals surface area contributed by atoms with Crippen LogP contribution in [0.1, 0.15) is 53.6 Å². The quantitative estimate of drug-likeness (QED) is 0.637. The highest BCUT2D eigenvalue weighted by atomic mass is 19.1. The topological polar surface area (TPSA) is 55.8 Å². The van der Waals surface area contributed by atoms with Gasteiger partial charge in [0.15, 0.2) is 0 Å². The molecule has 4 rings (SSSR count). The third-order valence-corrected chi connectivity index (χ3v) is 6.70. The molecule has 25 heavy (non-hydrogen) atoms. The maximum absolute atomic E-state index is 14.5. The number of fused-ring (bicyclic) bond motifs is 1. The van der Waals surface area contributed by atoms with Crippen LogP contribution in [0, 0.1) is 5.82 Å². The van der Waals surface area contributed by atoms with Gasteiger partial charge in [0.2, 0.25) is 0 Å². The average molecular weight is 347 g/mol. The standard InChI is InChI=1S/C19H26FN3O2/c1-22-7-2-5-19(22)6-3-15(11-19)23-8-4-13-9-14(18(24)21-25)10-17(20)16(13)12-23/h9-10,15,25H,2-8,11-12H2,1H3,(H,21,24)/t15-,19+/m0/s1. The first-order valence-electron chi connectivity index (χ1n) is 9.23. The summed E-state index contributed by atoms with van der Waals surface area (Å²) < 4.78 is 14.5. The number of benzene rings is 1. The van der Waals surface area contributed by atoms with Gasteiger partial charge >= 0.3 is 0 Å². The van der Waals surface area contributed by atoms with Gasteiger partial charge in [0.25, 0.3) is 5.91 Å². The molecule has 1 aromatic carbocycles. The molecule has 6 heteroatoms. The van der Waals surface area contributed by atoms with E-state index in [-0.39, 0.29) is 11.4 Å². The molecule has 2 aliphatic heterocycles. The minimum absolute atomic E-state index is 0.180. The van der Waals surface area contributed by atoms with Crippen molar-refractivity contribution in [2.75, 3.05) is 20.1 Å². The van der Waals surface area contributed by atoms with Crippen molar-refractivity contribution in [2.24, 2.45) is 0 Å². The Kier molecular flexibility index (Phi) is 4.30. The van der Waals surface area contributed by atoms with Crippen molar-refractivity contribution in [1.29, 1.82) is 0 Å². The van der Waals surface area contributed by atoms with Crippen molar-refractivity contribution in [1.82, 2.24) is 15.3 Å². The Morgan fingerprint density at radius 1 is 1.36 bits per heavy atom. The molecule has 1 saturated carbocycles. The molecule has 1 amide bonds. The van der Waals surface area contributed by atoms with E-state index in [1.807, 2.05) is 0 Å². The highest BCUT2D eigenvalue weighted by Gasteiger charge is 2.46. The van der Waals surface area contributed by atoms with E-state index in [0.29, 0.717) is 23.7 Å². The Morgan fingerprint density at radius 2 is 2.20 bits per heavy atom. The fourth-order valence-corrected chi connectivity index (χ4v) is 5.18. The van der Waals surface area contributed by atoms with Crippen LogP contribution in [0.5, 0.6) is 0 Å². The predicted octanol–water partition coefficient (Wildman–Crippen LogP) is 2.32. The number of hydrogen-bond acceptors (Lipinski definition) is 4. The highest BCUT2D eigenvalue weighted by Crippen LogP contribution is 2.44. The summed E-state index contributed by atoms with van der Waals surface area (Å²) in [7, 11) is 2.24. The fourth-order valence-electron chi connectivity index (χ4n) is 5.18. The summed E-state index contributed by atoms with van der Waals surface area (Å²) in [6, 6.07) is 3.46. The summed E-state index contributed by atoms with van der Waals surface area (Å²) >= 11 is 0. The van der Waals surface area contributed by atoms with Gasteiger partial charge in [-0.2, -0.15) is 0 Å². The molecule has 2 N–H and O–H groups in total. The second kappa shape index (κ2) is 6.34. The van der Waals surface area contributed by atoms with Gasteiger partial charge in [-0.3, -0.25) is 14.9 Å². The zero-order valence-electron chi connectivity index (χ0n) is 14.7. The number of carbonyl (C=O) groups excluding carboxylic acids is 1. The van der Waals surface area contributed by atoms with Crippen molar-refractivity contribution >= 4 is 5.91 Å². The lowest BCUT2D eigenvalue weighted by molar-refractivity contribution is 0.0705. The van der Waals surface area contributed by atoms with Crippen LogP contribution < -0.4 is 5.48 Å². The van der Waals surface area contributed by atoms with E-state index in [1.54, 1.807) is 11.5 Å². The maximum atomic E-state index is 14.5. The summed E-state index contributed by atoms with van der Waals surface area (Å²) in [5.41, 5.74) is 3.73. The Balaban J connectivity index is 1.51. The van der Waals surface area contributed by atoms with E-state index in [9.17, 15) is 9.18 Å². The first-order chi connectivity index (χ1) is 12.0. The Morgan fingerprint density at radius 3 is 2.92 bits per heavy atom. The lowest BCUT2D eigenvalue weighted by atomic mass is 9.92. The third-order valence-electron chi connectivity index (χ3n) is 6.70. The van der Waals surface area contributed by atoms with Crippen LogP contribution >= 0.6 is 0 Å². The number of carbonyl (C=O) groups is 1. The number of nitrogens with one attached hydrogen (secondary N) is 1. The summed E-state index contributed by atoms with van der Waals surface area (Å²) in [5.74, 6) is -1.00. The van der Waals surface area contributed by atoms with Crippen LogP contribution in [0.3, 0.4) is 0 Å². The van der Waals surface area contributed by atoms with Gasteiger partial charge in [0.05, 0.1) is 0 Å². The molecule has 1 spiro atoms. The van der Waals surface area contributed by atoms with Gasteiger partial charge in [-0.25, -0.2) is 9.87 Å². The molecule has 2 atom stereocenters. The summed E-state index contributed by atoms with van der Waals surface area (Å²) in [6.07, 6.45) is 6.94. The molecule has 0 radical (unpaired) electrons. The molecule has 0 aromatic heterocycles. The molecule has 5 nitrogen and oxygen atoms in total.